The third kappa shape index (κ3) is 4.95. The number of fused-ring (bicyclic) bond motifs is 2. The van der Waals surface area contributed by atoms with Crippen LogP contribution in [-0.2, 0) is 11.0 Å². The Morgan fingerprint density at radius 1 is 0.975 bits per heavy atom. The fraction of sp³-hybridized carbons (Fsp3) is 0.559. The molecule has 1 saturated carbocycles. The highest BCUT2D eigenvalue weighted by Gasteiger charge is 2.56. The number of methoxy groups -OCH3 is 1. The van der Waals surface area contributed by atoms with Crippen molar-refractivity contribution in [3.63, 3.8) is 0 Å². The van der Waals surface area contributed by atoms with Gasteiger partial charge in [-0.3, -0.25) is 4.79 Å². The Morgan fingerprint density at radius 3 is 2.17 bits per heavy atom. The normalized spacial score (nSPS) is 18.4. The molecule has 2 aromatic rings. The first-order valence-electron chi connectivity index (χ1n) is 15.1. The molecule has 0 unspecified atom stereocenters. The van der Waals surface area contributed by atoms with Gasteiger partial charge in [-0.2, -0.15) is 0 Å². The lowest BCUT2D eigenvalue weighted by Gasteiger charge is -2.30. The van der Waals surface area contributed by atoms with E-state index in [0.29, 0.717) is 19.8 Å². The molecule has 1 spiro atoms. The van der Waals surface area contributed by atoms with Gasteiger partial charge in [-0.1, -0.05) is 33.8 Å². The van der Waals surface area contributed by atoms with Crippen molar-refractivity contribution < 1.29 is 19.0 Å². The van der Waals surface area contributed by atoms with Gasteiger partial charge in [0, 0.05) is 35.5 Å². The standard InChI is InChI=1S/C34H46N2O4/c1-8-13-27-24-20-30(39-9-2)31(40-10-3)21-25(24)34(14-15-34)36(27)22-29(37)23-18-26(33(4,5)6)32(38-7)28(19-23)35-16-11-12-17-35/h13,18-21H,8-12,14-17,22H2,1-7H3. The predicted molar refractivity (Wildman–Crippen MR) is 162 cm³/mol. The van der Waals surface area contributed by atoms with Crippen molar-refractivity contribution in [3.05, 3.63) is 52.6 Å². The lowest BCUT2D eigenvalue weighted by atomic mass is 9.84. The van der Waals surface area contributed by atoms with Gasteiger partial charge >= 0.3 is 0 Å². The largest absolute Gasteiger partial charge is 0.494 e. The van der Waals surface area contributed by atoms with Crippen LogP contribution in [0.2, 0.25) is 0 Å². The molecule has 6 nitrogen and oxygen atoms in total. The molecule has 0 bridgehead atoms. The van der Waals surface area contributed by atoms with Gasteiger partial charge in [0.1, 0.15) is 5.75 Å². The fourth-order valence-corrected chi connectivity index (χ4v) is 6.50. The highest BCUT2D eigenvalue weighted by molar-refractivity contribution is 6.00. The molecule has 0 aromatic heterocycles. The highest BCUT2D eigenvalue weighted by Crippen LogP contribution is 2.61. The van der Waals surface area contributed by atoms with Crippen LogP contribution in [0.25, 0.3) is 5.70 Å². The van der Waals surface area contributed by atoms with Crippen molar-refractivity contribution in [2.45, 2.75) is 84.6 Å². The molecule has 1 aliphatic carbocycles. The van der Waals surface area contributed by atoms with Crippen LogP contribution >= 0.6 is 0 Å². The van der Waals surface area contributed by atoms with Crippen molar-refractivity contribution in [2.75, 3.05) is 44.9 Å². The summed E-state index contributed by atoms with van der Waals surface area (Å²) in [4.78, 5) is 19.0. The molecule has 216 valence electrons. The van der Waals surface area contributed by atoms with Crippen molar-refractivity contribution in [1.82, 2.24) is 4.90 Å². The number of carbonyl (C=O) groups is 1. The molecule has 6 heteroatoms. The summed E-state index contributed by atoms with van der Waals surface area (Å²) >= 11 is 0. The Kier molecular flexibility index (Phi) is 7.82. The molecule has 5 rings (SSSR count). The maximum atomic E-state index is 14.2. The third-order valence-electron chi connectivity index (χ3n) is 8.54. The summed E-state index contributed by atoms with van der Waals surface area (Å²) in [6.45, 7) is 16.2. The Bertz CT molecular complexity index is 1300. The number of rotatable bonds is 10. The second-order valence-electron chi connectivity index (χ2n) is 12.3. The van der Waals surface area contributed by atoms with Crippen LogP contribution in [-0.4, -0.2) is 50.6 Å². The van der Waals surface area contributed by atoms with Crippen LogP contribution in [0.4, 0.5) is 5.69 Å². The average Bonchev–Trinajstić information content (AvgIpc) is 3.46. The molecule has 0 radical (unpaired) electrons. The first-order valence-corrected chi connectivity index (χ1v) is 15.1. The van der Waals surface area contributed by atoms with Crippen molar-refractivity contribution in [2.24, 2.45) is 0 Å². The summed E-state index contributed by atoms with van der Waals surface area (Å²) in [7, 11) is 1.75. The predicted octanol–water partition coefficient (Wildman–Crippen LogP) is 7.33. The fourth-order valence-electron chi connectivity index (χ4n) is 6.50. The topological polar surface area (TPSA) is 51.2 Å². The van der Waals surface area contributed by atoms with E-state index in [2.05, 4.69) is 67.8 Å². The van der Waals surface area contributed by atoms with Crippen LogP contribution in [0.3, 0.4) is 0 Å². The molecule has 0 N–H and O–H groups in total. The summed E-state index contributed by atoms with van der Waals surface area (Å²) in [5.41, 5.74) is 6.15. The van der Waals surface area contributed by atoms with E-state index in [-0.39, 0.29) is 16.7 Å². The number of allylic oxidation sites excluding steroid dienone is 1. The SMILES string of the molecule is CCC=C1c2cc(OCC)c(OCC)cc2C2(CC2)N1CC(=O)c1cc(N2CCCC2)c(OC)c(C(C)(C)C)c1. The molecule has 3 aliphatic rings. The summed E-state index contributed by atoms with van der Waals surface area (Å²) in [6, 6.07) is 8.45. The highest BCUT2D eigenvalue weighted by atomic mass is 16.5. The zero-order valence-corrected chi connectivity index (χ0v) is 25.5. The molecule has 2 heterocycles. The maximum absolute atomic E-state index is 14.2. The maximum Gasteiger partial charge on any atom is 0.182 e. The Labute approximate surface area is 240 Å². The summed E-state index contributed by atoms with van der Waals surface area (Å²) in [5, 5.41) is 0. The minimum absolute atomic E-state index is 0.143. The molecular weight excluding hydrogens is 500 g/mol. The van der Waals surface area contributed by atoms with Crippen molar-refractivity contribution in [3.8, 4) is 17.2 Å². The molecule has 2 aliphatic heterocycles. The molecule has 0 atom stereocenters. The lowest BCUT2D eigenvalue weighted by molar-refractivity contribution is 0.0938. The second-order valence-corrected chi connectivity index (χ2v) is 12.3. The van der Waals surface area contributed by atoms with Crippen LogP contribution in [0.15, 0.2) is 30.3 Å². The van der Waals surface area contributed by atoms with Gasteiger partial charge in [0.2, 0.25) is 0 Å². The van der Waals surface area contributed by atoms with E-state index in [1.807, 2.05) is 13.8 Å². The monoisotopic (exact) mass is 546 g/mol. The minimum Gasteiger partial charge on any atom is -0.494 e. The molecular formula is C34H46N2O4. The van der Waals surface area contributed by atoms with Crippen molar-refractivity contribution >= 4 is 17.2 Å². The average molecular weight is 547 g/mol. The summed E-state index contributed by atoms with van der Waals surface area (Å²) in [5.74, 6) is 2.61. The number of ether oxygens (including phenoxy) is 3. The Hall–Kier alpha value is -3.15. The zero-order valence-electron chi connectivity index (χ0n) is 25.5. The first kappa shape index (κ1) is 28.4. The van der Waals surface area contributed by atoms with Crippen LogP contribution in [0.1, 0.15) is 101 Å². The molecule has 2 fully saturated rings. The van der Waals surface area contributed by atoms with Gasteiger partial charge in [-0.15, -0.1) is 0 Å². The van der Waals surface area contributed by atoms with Crippen LogP contribution in [0.5, 0.6) is 17.2 Å². The molecule has 1 saturated heterocycles. The van der Waals surface area contributed by atoms with Gasteiger partial charge in [0.25, 0.3) is 0 Å². The lowest BCUT2D eigenvalue weighted by Crippen LogP contribution is -2.33. The second kappa shape index (κ2) is 11.0. The van der Waals surface area contributed by atoms with Gasteiger partial charge in [0.15, 0.2) is 17.3 Å². The van der Waals surface area contributed by atoms with E-state index >= 15 is 0 Å². The number of Topliss-reactive ketones (excluding diaryl/α,β-unsaturated/α-hetero) is 1. The van der Waals surface area contributed by atoms with Crippen LogP contribution < -0.4 is 19.1 Å². The smallest absolute Gasteiger partial charge is 0.182 e. The van der Waals surface area contributed by atoms with E-state index < -0.39 is 0 Å². The van der Waals surface area contributed by atoms with E-state index in [1.54, 1.807) is 7.11 Å². The van der Waals surface area contributed by atoms with E-state index in [9.17, 15) is 4.79 Å². The Morgan fingerprint density at radius 2 is 1.62 bits per heavy atom. The number of hydrogen-bond donors (Lipinski definition) is 0. The summed E-state index contributed by atoms with van der Waals surface area (Å²) in [6.07, 6.45) is 7.55. The van der Waals surface area contributed by atoms with E-state index in [0.717, 1.165) is 72.1 Å². The number of hydrogen-bond acceptors (Lipinski definition) is 6. The number of nitrogens with zero attached hydrogens (tertiary/aromatic N) is 2. The van der Waals surface area contributed by atoms with E-state index in [1.165, 1.54) is 24.0 Å². The van der Waals surface area contributed by atoms with Gasteiger partial charge in [0.05, 0.1) is 38.1 Å². The summed E-state index contributed by atoms with van der Waals surface area (Å²) < 4.78 is 18.0. The van der Waals surface area contributed by atoms with E-state index in [4.69, 9.17) is 14.2 Å². The quantitative estimate of drug-likeness (QED) is 0.291. The van der Waals surface area contributed by atoms with Crippen molar-refractivity contribution in [1.29, 1.82) is 0 Å². The van der Waals surface area contributed by atoms with Gasteiger partial charge < -0.3 is 24.0 Å². The first-order chi connectivity index (χ1) is 19.2. The third-order valence-corrected chi connectivity index (χ3v) is 8.54. The number of anilines is 1. The minimum atomic E-state index is -0.156. The Balaban J connectivity index is 1.55. The van der Waals surface area contributed by atoms with Crippen LogP contribution in [0, 0.1) is 0 Å². The molecule has 40 heavy (non-hydrogen) atoms. The van der Waals surface area contributed by atoms with Gasteiger partial charge in [-0.25, -0.2) is 0 Å². The number of benzene rings is 2. The van der Waals surface area contributed by atoms with Gasteiger partial charge in [-0.05, 0) is 81.2 Å². The molecule has 2 aromatic carbocycles. The number of carbonyl (C=O) groups excluding carboxylic acids is 1. The number of ketones is 1. The zero-order chi connectivity index (χ0) is 28.7. The molecule has 0 amide bonds.